The fourth-order valence-electron chi connectivity index (χ4n) is 1.90. The first-order valence-electron chi connectivity index (χ1n) is 6.75. The summed E-state index contributed by atoms with van der Waals surface area (Å²) in [6, 6.07) is 1.00. The molecule has 0 saturated carbocycles. The molecule has 2 aromatic rings. The molecule has 0 radical (unpaired) electrons. The van der Waals surface area contributed by atoms with Gasteiger partial charge in [0.15, 0.2) is 0 Å². The monoisotopic (exact) mass is 308 g/mol. The number of amides is 1. The minimum Gasteiger partial charge on any atom is -0.370 e. The molecule has 0 aliphatic heterocycles. The van der Waals surface area contributed by atoms with E-state index < -0.39 is 5.82 Å². The molecule has 0 fully saturated rings. The zero-order valence-electron chi connectivity index (χ0n) is 11.9. The molecule has 1 unspecified atom stereocenters. The molecule has 2 heterocycles. The van der Waals surface area contributed by atoms with Crippen LogP contribution in [0.1, 0.15) is 41.7 Å². The van der Waals surface area contributed by atoms with Gasteiger partial charge in [-0.2, -0.15) is 0 Å². The van der Waals surface area contributed by atoms with Crippen molar-refractivity contribution in [3.63, 3.8) is 0 Å². The second kappa shape index (κ2) is 7.12. The lowest BCUT2D eigenvalue weighted by atomic mass is 10.2. The third-order valence-corrected chi connectivity index (χ3v) is 3.80. The number of carbonyl (C=O) groups is 1. The molecule has 112 valence electrons. The van der Waals surface area contributed by atoms with Crippen molar-refractivity contribution in [3.05, 3.63) is 40.2 Å². The third-order valence-electron chi connectivity index (χ3n) is 2.91. The Hall–Kier alpha value is -2.02. The molecule has 0 saturated heterocycles. The first-order valence-corrected chi connectivity index (χ1v) is 7.63. The average Bonchev–Trinajstić information content (AvgIpc) is 3.00. The van der Waals surface area contributed by atoms with Crippen LogP contribution in [0.5, 0.6) is 0 Å². The third kappa shape index (κ3) is 3.75. The van der Waals surface area contributed by atoms with Gasteiger partial charge in [-0.1, -0.05) is 6.92 Å². The standard InChI is InChI=1S/C14H17FN4OS/c1-3-11(14-17-5-6-21-14)19-13(20)10-7-9(15)8-18-12(10)16-4-2/h5-8,11H,3-4H2,1-2H3,(H,16,18)(H,19,20). The van der Waals surface area contributed by atoms with Crippen LogP contribution in [-0.4, -0.2) is 22.4 Å². The molecule has 5 nitrogen and oxygen atoms in total. The lowest BCUT2D eigenvalue weighted by Gasteiger charge is -2.16. The van der Waals surface area contributed by atoms with Crippen LogP contribution < -0.4 is 10.6 Å². The molecular formula is C14H17FN4OS. The van der Waals surface area contributed by atoms with Gasteiger partial charge < -0.3 is 10.6 Å². The van der Waals surface area contributed by atoms with Gasteiger partial charge in [0.05, 0.1) is 17.8 Å². The number of anilines is 1. The molecule has 2 rings (SSSR count). The van der Waals surface area contributed by atoms with Crippen LogP contribution in [0.25, 0.3) is 0 Å². The minimum atomic E-state index is -0.538. The Balaban J connectivity index is 2.21. The van der Waals surface area contributed by atoms with Gasteiger partial charge >= 0.3 is 0 Å². The van der Waals surface area contributed by atoms with Crippen LogP contribution in [0.3, 0.4) is 0 Å². The highest BCUT2D eigenvalue weighted by molar-refractivity contribution is 7.09. The van der Waals surface area contributed by atoms with Crippen LogP contribution in [0, 0.1) is 5.82 Å². The zero-order chi connectivity index (χ0) is 15.2. The van der Waals surface area contributed by atoms with E-state index in [4.69, 9.17) is 0 Å². The van der Waals surface area contributed by atoms with Gasteiger partial charge in [0.25, 0.3) is 5.91 Å². The molecule has 21 heavy (non-hydrogen) atoms. The summed E-state index contributed by atoms with van der Waals surface area (Å²) in [5.74, 6) is -0.519. The number of thiazole rings is 1. The van der Waals surface area contributed by atoms with E-state index in [0.29, 0.717) is 18.8 Å². The van der Waals surface area contributed by atoms with Crippen molar-refractivity contribution in [2.45, 2.75) is 26.3 Å². The highest BCUT2D eigenvalue weighted by atomic mass is 32.1. The predicted molar refractivity (Wildman–Crippen MR) is 81.0 cm³/mol. The van der Waals surface area contributed by atoms with Crippen LogP contribution in [-0.2, 0) is 0 Å². The molecular weight excluding hydrogens is 291 g/mol. The fourth-order valence-corrected chi connectivity index (χ4v) is 2.67. The van der Waals surface area contributed by atoms with Gasteiger partial charge in [-0.15, -0.1) is 11.3 Å². The largest absolute Gasteiger partial charge is 0.370 e. The molecule has 0 aliphatic rings. The van der Waals surface area contributed by atoms with Crippen LogP contribution in [0.15, 0.2) is 23.8 Å². The van der Waals surface area contributed by atoms with E-state index in [1.165, 1.54) is 17.4 Å². The SMILES string of the molecule is CCNc1ncc(F)cc1C(=O)NC(CC)c1nccs1. The lowest BCUT2D eigenvalue weighted by molar-refractivity contribution is 0.0935. The Morgan fingerprint density at radius 3 is 2.86 bits per heavy atom. The maximum Gasteiger partial charge on any atom is 0.255 e. The Morgan fingerprint density at radius 1 is 1.43 bits per heavy atom. The number of hydrogen-bond acceptors (Lipinski definition) is 5. The number of pyridine rings is 1. The second-order valence-electron chi connectivity index (χ2n) is 4.38. The van der Waals surface area contributed by atoms with Crippen molar-refractivity contribution in [2.24, 2.45) is 0 Å². The summed E-state index contributed by atoms with van der Waals surface area (Å²) < 4.78 is 13.4. The Kier molecular flexibility index (Phi) is 5.21. The van der Waals surface area contributed by atoms with Gasteiger partial charge in [0, 0.05) is 18.1 Å². The van der Waals surface area contributed by atoms with Crippen molar-refractivity contribution in [1.82, 2.24) is 15.3 Å². The molecule has 0 aliphatic carbocycles. The molecule has 0 spiro atoms. The quantitative estimate of drug-likeness (QED) is 0.861. The number of rotatable bonds is 6. The molecule has 2 N–H and O–H groups in total. The van der Waals surface area contributed by atoms with Gasteiger partial charge in [-0.25, -0.2) is 14.4 Å². The maximum atomic E-state index is 13.4. The van der Waals surface area contributed by atoms with Crippen molar-refractivity contribution >= 4 is 23.1 Å². The van der Waals surface area contributed by atoms with Gasteiger partial charge in [0.2, 0.25) is 0 Å². The van der Waals surface area contributed by atoms with Gasteiger partial charge in [0.1, 0.15) is 16.6 Å². The van der Waals surface area contributed by atoms with Crippen molar-refractivity contribution in [2.75, 3.05) is 11.9 Å². The minimum absolute atomic E-state index is 0.185. The van der Waals surface area contributed by atoms with Crippen molar-refractivity contribution in [3.8, 4) is 0 Å². The zero-order valence-corrected chi connectivity index (χ0v) is 12.7. The summed E-state index contributed by atoms with van der Waals surface area (Å²) in [6.45, 7) is 4.45. The van der Waals surface area contributed by atoms with E-state index in [0.717, 1.165) is 11.2 Å². The predicted octanol–water partition coefficient (Wildman–Crippen LogP) is 2.99. The van der Waals surface area contributed by atoms with Crippen LogP contribution >= 0.6 is 11.3 Å². The first-order chi connectivity index (χ1) is 10.2. The second-order valence-corrected chi connectivity index (χ2v) is 5.31. The average molecular weight is 308 g/mol. The summed E-state index contributed by atoms with van der Waals surface area (Å²) >= 11 is 1.48. The smallest absolute Gasteiger partial charge is 0.255 e. The lowest BCUT2D eigenvalue weighted by Crippen LogP contribution is -2.29. The van der Waals surface area contributed by atoms with Crippen LogP contribution in [0.2, 0.25) is 0 Å². The topological polar surface area (TPSA) is 66.9 Å². The van der Waals surface area contributed by atoms with E-state index in [-0.39, 0.29) is 17.5 Å². The Morgan fingerprint density at radius 2 is 2.24 bits per heavy atom. The highest BCUT2D eigenvalue weighted by Gasteiger charge is 2.19. The van der Waals surface area contributed by atoms with E-state index in [1.807, 2.05) is 19.2 Å². The number of aromatic nitrogens is 2. The Bertz CT molecular complexity index is 603. The van der Waals surface area contributed by atoms with E-state index in [9.17, 15) is 9.18 Å². The van der Waals surface area contributed by atoms with E-state index >= 15 is 0 Å². The molecule has 0 bridgehead atoms. The van der Waals surface area contributed by atoms with Gasteiger partial charge in [-0.3, -0.25) is 4.79 Å². The summed E-state index contributed by atoms with van der Waals surface area (Å²) in [4.78, 5) is 20.5. The highest BCUT2D eigenvalue weighted by Crippen LogP contribution is 2.21. The maximum absolute atomic E-state index is 13.4. The Labute approximate surface area is 126 Å². The molecule has 1 atom stereocenters. The normalized spacial score (nSPS) is 12.0. The first kappa shape index (κ1) is 15.4. The molecule has 1 amide bonds. The summed E-state index contributed by atoms with van der Waals surface area (Å²) in [5, 5.41) is 8.52. The van der Waals surface area contributed by atoms with E-state index in [2.05, 4.69) is 20.6 Å². The number of nitrogens with one attached hydrogen (secondary N) is 2. The summed E-state index contributed by atoms with van der Waals surface area (Å²) in [6.07, 6.45) is 3.49. The summed E-state index contributed by atoms with van der Waals surface area (Å²) in [5.41, 5.74) is 0.201. The number of halogens is 1. The number of hydrogen-bond donors (Lipinski definition) is 2. The number of nitrogens with zero attached hydrogens (tertiary/aromatic N) is 2. The van der Waals surface area contributed by atoms with Crippen molar-refractivity contribution < 1.29 is 9.18 Å². The van der Waals surface area contributed by atoms with E-state index in [1.54, 1.807) is 6.20 Å². The molecule has 0 aromatic carbocycles. The van der Waals surface area contributed by atoms with Crippen LogP contribution in [0.4, 0.5) is 10.2 Å². The van der Waals surface area contributed by atoms with Crippen molar-refractivity contribution in [1.29, 1.82) is 0 Å². The molecule has 2 aromatic heterocycles. The fraction of sp³-hybridized carbons (Fsp3) is 0.357. The van der Waals surface area contributed by atoms with Gasteiger partial charge in [-0.05, 0) is 19.4 Å². The summed E-state index contributed by atoms with van der Waals surface area (Å²) in [7, 11) is 0. The number of carbonyl (C=O) groups excluding carboxylic acids is 1. The molecule has 7 heteroatoms.